The van der Waals surface area contributed by atoms with Gasteiger partial charge < -0.3 is 9.47 Å². The molecule has 12 heavy (non-hydrogen) atoms. The summed E-state index contributed by atoms with van der Waals surface area (Å²) in [6.45, 7) is 1.62. The average Bonchev–Trinajstić information content (AvgIpc) is 2.10. The van der Waals surface area contributed by atoms with Crippen molar-refractivity contribution < 1.29 is 9.47 Å². The molecule has 0 aliphatic heterocycles. The molecule has 0 aromatic carbocycles. The van der Waals surface area contributed by atoms with E-state index in [2.05, 4.69) is 11.8 Å². The van der Waals surface area contributed by atoms with Crippen molar-refractivity contribution in [1.29, 1.82) is 0 Å². The molecule has 0 atom stereocenters. The predicted molar refractivity (Wildman–Crippen MR) is 50.0 cm³/mol. The van der Waals surface area contributed by atoms with Crippen molar-refractivity contribution in [2.24, 2.45) is 0 Å². The van der Waals surface area contributed by atoms with Crippen LogP contribution >= 0.6 is 0 Å². The van der Waals surface area contributed by atoms with Crippen LogP contribution in [0.25, 0.3) is 0 Å². The van der Waals surface area contributed by atoms with E-state index in [4.69, 9.17) is 9.47 Å². The highest BCUT2D eigenvalue weighted by atomic mass is 16.5. The van der Waals surface area contributed by atoms with Crippen molar-refractivity contribution in [2.75, 3.05) is 27.4 Å². The van der Waals surface area contributed by atoms with E-state index in [1.54, 1.807) is 14.2 Å². The second-order valence-electron chi connectivity index (χ2n) is 2.55. The summed E-state index contributed by atoms with van der Waals surface area (Å²) in [5.74, 6) is 6.19. The van der Waals surface area contributed by atoms with E-state index >= 15 is 0 Å². The molecule has 0 amide bonds. The van der Waals surface area contributed by atoms with E-state index in [1.807, 2.05) is 0 Å². The molecule has 0 unspecified atom stereocenters. The standard InChI is InChI=1S/C10H18O2/c1-11-9-7-5-3-4-6-8-10-12-2/h5-10H2,1-2H3. The third-order valence-corrected chi connectivity index (χ3v) is 1.43. The Balaban J connectivity index is 3.01. The second kappa shape index (κ2) is 10.5. The first-order valence-corrected chi connectivity index (χ1v) is 4.35. The van der Waals surface area contributed by atoms with E-state index in [0.29, 0.717) is 0 Å². The molecule has 0 N–H and O–H groups in total. The van der Waals surface area contributed by atoms with Gasteiger partial charge in [0.25, 0.3) is 0 Å². The monoisotopic (exact) mass is 170 g/mol. The summed E-state index contributed by atoms with van der Waals surface area (Å²) in [6, 6.07) is 0. The summed E-state index contributed by atoms with van der Waals surface area (Å²) in [5, 5.41) is 0. The lowest BCUT2D eigenvalue weighted by Crippen LogP contribution is -1.87. The third-order valence-electron chi connectivity index (χ3n) is 1.43. The highest BCUT2D eigenvalue weighted by Gasteiger charge is 1.82. The molecular formula is C10H18O2. The minimum atomic E-state index is 0.812. The van der Waals surface area contributed by atoms with Gasteiger partial charge in [-0.2, -0.15) is 0 Å². The van der Waals surface area contributed by atoms with Crippen molar-refractivity contribution >= 4 is 0 Å². The van der Waals surface area contributed by atoms with Gasteiger partial charge in [0.15, 0.2) is 0 Å². The lowest BCUT2D eigenvalue weighted by molar-refractivity contribution is 0.195. The largest absolute Gasteiger partial charge is 0.385 e. The summed E-state index contributed by atoms with van der Waals surface area (Å²) in [6.07, 6.45) is 3.96. The van der Waals surface area contributed by atoms with E-state index in [-0.39, 0.29) is 0 Å². The van der Waals surface area contributed by atoms with Gasteiger partial charge in [-0.1, -0.05) is 0 Å². The van der Waals surface area contributed by atoms with Gasteiger partial charge in [0.2, 0.25) is 0 Å². The topological polar surface area (TPSA) is 18.5 Å². The van der Waals surface area contributed by atoms with Crippen LogP contribution in [0, 0.1) is 11.8 Å². The van der Waals surface area contributed by atoms with Gasteiger partial charge in [-0.25, -0.2) is 0 Å². The maximum Gasteiger partial charge on any atom is 0.0471 e. The SMILES string of the molecule is COCCCC#CCCCOC. The molecule has 0 aliphatic carbocycles. The first-order chi connectivity index (χ1) is 5.91. The maximum atomic E-state index is 4.90. The molecule has 0 fully saturated rings. The van der Waals surface area contributed by atoms with Gasteiger partial charge in [-0.15, -0.1) is 11.8 Å². The molecule has 2 nitrogen and oxygen atoms in total. The summed E-state index contributed by atoms with van der Waals surface area (Å²) in [5.41, 5.74) is 0. The van der Waals surface area contributed by atoms with E-state index in [9.17, 15) is 0 Å². The molecule has 70 valence electrons. The van der Waals surface area contributed by atoms with E-state index in [0.717, 1.165) is 38.9 Å². The second-order valence-corrected chi connectivity index (χ2v) is 2.55. The molecular weight excluding hydrogens is 152 g/mol. The van der Waals surface area contributed by atoms with Crippen LogP contribution in [0.15, 0.2) is 0 Å². The first kappa shape index (κ1) is 11.5. The zero-order valence-electron chi connectivity index (χ0n) is 8.06. The lowest BCUT2D eigenvalue weighted by Gasteiger charge is -1.92. The molecule has 0 radical (unpaired) electrons. The third kappa shape index (κ3) is 9.48. The Morgan fingerprint density at radius 2 is 1.25 bits per heavy atom. The Morgan fingerprint density at radius 1 is 0.833 bits per heavy atom. The molecule has 0 bridgehead atoms. The smallest absolute Gasteiger partial charge is 0.0471 e. The first-order valence-electron chi connectivity index (χ1n) is 4.35. The van der Waals surface area contributed by atoms with Crippen molar-refractivity contribution in [3.8, 4) is 11.8 Å². The van der Waals surface area contributed by atoms with Crippen LogP contribution in [-0.2, 0) is 9.47 Å². The number of methoxy groups -OCH3 is 2. The number of hydrogen-bond acceptors (Lipinski definition) is 2. The molecule has 0 saturated heterocycles. The van der Waals surface area contributed by atoms with Crippen LogP contribution in [0.3, 0.4) is 0 Å². The zero-order chi connectivity index (χ0) is 9.07. The Bertz CT molecular complexity index is 119. The molecule has 0 aliphatic rings. The van der Waals surface area contributed by atoms with Gasteiger partial charge >= 0.3 is 0 Å². The molecule has 0 saturated carbocycles. The minimum Gasteiger partial charge on any atom is -0.385 e. The van der Waals surface area contributed by atoms with Crippen LogP contribution in [0.2, 0.25) is 0 Å². The Kier molecular flexibility index (Phi) is 10.0. The summed E-state index contributed by atoms with van der Waals surface area (Å²) in [7, 11) is 3.43. The number of hydrogen-bond donors (Lipinski definition) is 0. The Hall–Kier alpha value is -0.520. The van der Waals surface area contributed by atoms with E-state index in [1.165, 1.54) is 0 Å². The summed E-state index contributed by atoms with van der Waals surface area (Å²) >= 11 is 0. The quantitative estimate of drug-likeness (QED) is 0.447. The summed E-state index contributed by atoms with van der Waals surface area (Å²) in [4.78, 5) is 0. The van der Waals surface area contributed by atoms with E-state index < -0.39 is 0 Å². The lowest BCUT2D eigenvalue weighted by atomic mass is 10.3. The molecule has 2 heteroatoms. The maximum absolute atomic E-state index is 4.90. The van der Waals surface area contributed by atoms with Crippen molar-refractivity contribution in [2.45, 2.75) is 25.7 Å². The predicted octanol–water partition coefficient (Wildman–Crippen LogP) is 1.84. The summed E-state index contributed by atoms with van der Waals surface area (Å²) < 4.78 is 9.80. The fourth-order valence-electron chi connectivity index (χ4n) is 0.787. The molecule has 0 aromatic rings. The number of ether oxygens (including phenoxy) is 2. The molecule has 0 heterocycles. The zero-order valence-corrected chi connectivity index (χ0v) is 8.06. The van der Waals surface area contributed by atoms with Crippen LogP contribution in [0.1, 0.15) is 25.7 Å². The van der Waals surface area contributed by atoms with Gasteiger partial charge in [0, 0.05) is 40.3 Å². The molecule has 0 aromatic heterocycles. The normalized spacial score (nSPS) is 9.17. The van der Waals surface area contributed by atoms with Crippen LogP contribution in [0.5, 0.6) is 0 Å². The highest BCUT2D eigenvalue weighted by Crippen LogP contribution is 1.89. The molecule has 0 spiro atoms. The Morgan fingerprint density at radius 3 is 1.58 bits per heavy atom. The number of rotatable bonds is 6. The minimum absolute atomic E-state index is 0.812. The average molecular weight is 170 g/mol. The number of unbranched alkanes of at least 4 members (excludes halogenated alkanes) is 2. The van der Waals surface area contributed by atoms with Gasteiger partial charge in [-0.3, -0.25) is 0 Å². The fourth-order valence-corrected chi connectivity index (χ4v) is 0.787. The highest BCUT2D eigenvalue weighted by molar-refractivity contribution is 4.98. The molecule has 0 rings (SSSR count). The van der Waals surface area contributed by atoms with Gasteiger partial charge in [-0.05, 0) is 12.8 Å². The van der Waals surface area contributed by atoms with Crippen LogP contribution < -0.4 is 0 Å². The van der Waals surface area contributed by atoms with Crippen molar-refractivity contribution in [1.82, 2.24) is 0 Å². The van der Waals surface area contributed by atoms with Gasteiger partial charge in [0.05, 0.1) is 0 Å². The fraction of sp³-hybridized carbons (Fsp3) is 0.800. The van der Waals surface area contributed by atoms with Gasteiger partial charge in [0.1, 0.15) is 0 Å². The van der Waals surface area contributed by atoms with Crippen LogP contribution in [0.4, 0.5) is 0 Å². The van der Waals surface area contributed by atoms with Crippen molar-refractivity contribution in [3.63, 3.8) is 0 Å². The van der Waals surface area contributed by atoms with Crippen molar-refractivity contribution in [3.05, 3.63) is 0 Å². The Labute approximate surface area is 75.3 Å². The van der Waals surface area contributed by atoms with Crippen LogP contribution in [-0.4, -0.2) is 27.4 Å².